The van der Waals surface area contributed by atoms with E-state index < -0.39 is 12.0 Å². The third-order valence-electron chi connectivity index (χ3n) is 2.76. The van der Waals surface area contributed by atoms with E-state index in [2.05, 4.69) is 4.90 Å². The Labute approximate surface area is 78.7 Å². The number of piperidine rings is 1. The van der Waals surface area contributed by atoms with Gasteiger partial charge in [-0.25, -0.2) is 0 Å². The van der Waals surface area contributed by atoms with Crippen LogP contribution in [-0.4, -0.2) is 41.7 Å². The summed E-state index contributed by atoms with van der Waals surface area (Å²) in [5, 5.41) is 8.66. The third-order valence-corrected chi connectivity index (χ3v) is 2.76. The topological polar surface area (TPSA) is 66.6 Å². The first-order chi connectivity index (χ1) is 6.11. The first-order valence-corrected chi connectivity index (χ1v) is 4.80. The maximum atomic E-state index is 10.5. The molecule has 0 aliphatic carbocycles. The molecule has 0 spiro atoms. The Morgan fingerprint density at radius 2 is 2.38 bits per heavy atom. The Balaban J connectivity index is 2.37. The summed E-state index contributed by atoms with van der Waals surface area (Å²) < 4.78 is 0. The Morgan fingerprint density at radius 3 is 2.92 bits per heavy atom. The summed E-state index contributed by atoms with van der Waals surface area (Å²) in [6, 6.07) is -0.342. The highest BCUT2D eigenvalue weighted by Crippen LogP contribution is 2.18. The fraction of sp³-hybridized carbons (Fsp3) is 0.889. The fourth-order valence-corrected chi connectivity index (χ4v) is 1.84. The van der Waals surface area contributed by atoms with Gasteiger partial charge in [-0.3, -0.25) is 4.79 Å². The second-order valence-corrected chi connectivity index (χ2v) is 3.81. The molecule has 1 rings (SSSR count). The smallest absolute Gasteiger partial charge is 0.320 e. The van der Waals surface area contributed by atoms with E-state index in [1.165, 1.54) is 12.8 Å². The van der Waals surface area contributed by atoms with Crippen LogP contribution in [0.4, 0.5) is 0 Å². The molecule has 2 atom stereocenters. The van der Waals surface area contributed by atoms with Crippen molar-refractivity contribution in [3.8, 4) is 0 Å². The van der Waals surface area contributed by atoms with Crippen LogP contribution in [0, 0.1) is 0 Å². The van der Waals surface area contributed by atoms with Crippen LogP contribution in [0.15, 0.2) is 0 Å². The molecule has 0 saturated carbocycles. The van der Waals surface area contributed by atoms with Crippen LogP contribution >= 0.6 is 0 Å². The Kier molecular flexibility index (Phi) is 3.69. The monoisotopic (exact) mass is 186 g/mol. The molecule has 1 heterocycles. The van der Waals surface area contributed by atoms with Crippen LogP contribution in [-0.2, 0) is 4.79 Å². The van der Waals surface area contributed by atoms with Crippen LogP contribution < -0.4 is 5.73 Å². The zero-order valence-electron chi connectivity index (χ0n) is 8.07. The van der Waals surface area contributed by atoms with Crippen molar-refractivity contribution in [2.24, 2.45) is 5.73 Å². The van der Waals surface area contributed by atoms with Gasteiger partial charge in [-0.2, -0.15) is 0 Å². The molecule has 1 saturated heterocycles. The number of nitrogens with zero attached hydrogens (tertiary/aromatic N) is 1. The lowest BCUT2D eigenvalue weighted by Gasteiger charge is -2.33. The first kappa shape index (κ1) is 10.5. The first-order valence-electron chi connectivity index (χ1n) is 4.80. The molecule has 13 heavy (non-hydrogen) atoms. The number of carbonyl (C=O) groups is 1. The van der Waals surface area contributed by atoms with Gasteiger partial charge < -0.3 is 15.7 Å². The van der Waals surface area contributed by atoms with E-state index in [1.807, 2.05) is 7.05 Å². The summed E-state index contributed by atoms with van der Waals surface area (Å²) in [4.78, 5) is 12.8. The zero-order valence-corrected chi connectivity index (χ0v) is 8.07. The van der Waals surface area contributed by atoms with E-state index in [9.17, 15) is 4.79 Å². The van der Waals surface area contributed by atoms with Crippen molar-refractivity contribution in [2.45, 2.75) is 37.8 Å². The molecule has 4 nitrogen and oxygen atoms in total. The van der Waals surface area contributed by atoms with Crippen molar-refractivity contribution in [3.63, 3.8) is 0 Å². The number of hydrogen-bond acceptors (Lipinski definition) is 3. The molecule has 76 valence electrons. The molecule has 2 unspecified atom stereocenters. The maximum Gasteiger partial charge on any atom is 0.320 e. The Morgan fingerprint density at radius 1 is 1.69 bits per heavy atom. The Bertz CT molecular complexity index is 184. The van der Waals surface area contributed by atoms with Gasteiger partial charge in [0.1, 0.15) is 6.04 Å². The average Bonchev–Trinajstić information content (AvgIpc) is 2.08. The normalized spacial score (nSPS) is 27.1. The summed E-state index contributed by atoms with van der Waals surface area (Å²) in [5.41, 5.74) is 5.48. The lowest BCUT2D eigenvalue weighted by Crippen LogP contribution is -2.43. The van der Waals surface area contributed by atoms with Crippen LogP contribution in [0.1, 0.15) is 25.7 Å². The van der Waals surface area contributed by atoms with Gasteiger partial charge >= 0.3 is 5.97 Å². The van der Waals surface area contributed by atoms with Crippen LogP contribution in [0.2, 0.25) is 0 Å². The van der Waals surface area contributed by atoms with E-state index in [0.29, 0.717) is 12.5 Å². The largest absolute Gasteiger partial charge is 0.480 e. The minimum Gasteiger partial charge on any atom is -0.480 e. The summed E-state index contributed by atoms with van der Waals surface area (Å²) in [6.45, 7) is 1.07. The highest BCUT2D eigenvalue weighted by Gasteiger charge is 2.23. The van der Waals surface area contributed by atoms with Crippen molar-refractivity contribution >= 4 is 5.97 Å². The molecule has 1 fully saturated rings. The minimum atomic E-state index is -0.890. The summed E-state index contributed by atoms with van der Waals surface area (Å²) in [7, 11) is 2.04. The SMILES string of the molecule is CN1CCCCC1CC(N)C(=O)O. The van der Waals surface area contributed by atoms with Gasteiger partial charge in [0.15, 0.2) is 0 Å². The van der Waals surface area contributed by atoms with Crippen molar-refractivity contribution in [1.29, 1.82) is 0 Å². The molecule has 0 aromatic rings. The van der Waals surface area contributed by atoms with E-state index in [-0.39, 0.29) is 0 Å². The lowest BCUT2D eigenvalue weighted by molar-refractivity contribution is -0.139. The van der Waals surface area contributed by atoms with Gasteiger partial charge in [0.2, 0.25) is 0 Å². The van der Waals surface area contributed by atoms with Gasteiger partial charge in [-0.05, 0) is 32.9 Å². The third kappa shape index (κ3) is 2.97. The molecule has 4 heteroatoms. The Hall–Kier alpha value is -0.610. The number of aliphatic carboxylic acids is 1. The molecule has 0 radical (unpaired) electrons. The highest BCUT2D eigenvalue weighted by molar-refractivity contribution is 5.73. The van der Waals surface area contributed by atoms with E-state index in [1.54, 1.807) is 0 Å². The van der Waals surface area contributed by atoms with Crippen molar-refractivity contribution in [1.82, 2.24) is 4.90 Å². The number of hydrogen-bond donors (Lipinski definition) is 2. The fourth-order valence-electron chi connectivity index (χ4n) is 1.84. The quantitative estimate of drug-likeness (QED) is 0.664. The van der Waals surface area contributed by atoms with Crippen molar-refractivity contribution in [2.75, 3.05) is 13.6 Å². The number of carboxylic acid groups (broad SMARTS) is 1. The average molecular weight is 186 g/mol. The summed E-state index contributed by atoms with van der Waals surface area (Å²) >= 11 is 0. The highest BCUT2D eigenvalue weighted by atomic mass is 16.4. The summed E-state index contributed by atoms with van der Waals surface area (Å²) in [6.07, 6.45) is 4.07. The molecular formula is C9H18N2O2. The van der Waals surface area contributed by atoms with Crippen molar-refractivity contribution < 1.29 is 9.90 Å². The summed E-state index contributed by atoms with van der Waals surface area (Å²) in [5.74, 6) is -0.890. The minimum absolute atomic E-state index is 0.361. The van der Waals surface area contributed by atoms with E-state index in [4.69, 9.17) is 10.8 Å². The number of nitrogens with two attached hydrogens (primary N) is 1. The second kappa shape index (κ2) is 4.58. The van der Waals surface area contributed by atoms with Crippen LogP contribution in [0.5, 0.6) is 0 Å². The van der Waals surface area contributed by atoms with Crippen LogP contribution in [0.25, 0.3) is 0 Å². The standard InChI is InChI=1S/C9H18N2O2/c1-11-5-3-2-4-7(11)6-8(10)9(12)13/h7-8H,2-6,10H2,1H3,(H,12,13). The molecular weight excluding hydrogens is 168 g/mol. The molecule has 0 bridgehead atoms. The molecule has 3 N–H and O–H groups in total. The number of carboxylic acids is 1. The molecule has 1 aliphatic rings. The second-order valence-electron chi connectivity index (χ2n) is 3.81. The van der Waals surface area contributed by atoms with E-state index >= 15 is 0 Å². The predicted octanol–water partition coefficient (Wildman–Crippen LogP) is 0.273. The zero-order chi connectivity index (χ0) is 9.84. The number of rotatable bonds is 3. The molecule has 0 aromatic heterocycles. The lowest BCUT2D eigenvalue weighted by atomic mass is 9.97. The van der Waals surface area contributed by atoms with Crippen LogP contribution in [0.3, 0.4) is 0 Å². The van der Waals surface area contributed by atoms with Gasteiger partial charge in [0, 0.05) is 6.04 Å². The maximum absolute atomic E-state index is 10.5. The molecule has 0 amide bonds. The molecule has 1 aliphatic heterocycles. The van der Waals surface area contributed by atoms with Gasteiger partial charge in [0.25, 0.3) is 0 Å². The predicted molar refractivity (Wildman–Crippen MR) is 50.5 cm³/mol. The van der Waals surface area contributed by atoms with Gasteiger partial charge in [-0.15, -0.1) is 0 Å². The van der Waals surface area contributed by atoms with Gasteiger partial charge in [0.05, 0.1) is 0 Å². The number of likely N-dealkylation sites (tertiary alicyclic amines) is 1. The molecule has 0 aromatic carbocycles. The van der Waals surface area contributed by atoms with Crippen molar-refractivity contribution in [3.05, 3.63) is 0 Å². The van der Waals surface area contributed by atoms with Gasteiger partial charge in [-0.1, -0.05) is 6.42 Å². The van der Waals surface area contributed by atoms with E-state index in [0.717, 1.165) is 13.0 Å².